The SMILES string of the molecule is O=C1CN(CC(F)(F)F)C(=O)N1Cc1cc2nccc(-c3cc(Cl)cc4ccn(CC5(F)CCNCC5)c34)c2s1. The van der Waals surface area contributed by atoms with Crippen LogP contribution in [0.1, 0.15) is 17.7 Å². The second kappa shape index (κ2) is 10.0. The zero-order valence-electron chi connectivity index (χ0n) is 21.1. The van der Waals surface area contributed by atoms with Gasteiger partial charge in [-0.15, -0.1) is 11.3 Å². The van der Waals surface area contributed by atoms with Gasteiger partial charge >= 0.3 is 12.2 Å². The van der Waals surface area contributed by atoms with Crippen LogP contribution < -0.4 is 5.32 Å². The van der Waals surface area contributed by atoms with Crippen LogP contribution in [0.25, 0.3) is 32.2 Å². The molecule has 2 aliphatic rings. The summed E-state index contributed by atoms with van der Waals surface area (Å²) in [6, 6.07) is 8.15. The van der Waals surface area contributed by atoms with E-state index in [1.165, 1.54) is 11.3 Å². The number of alkyl halides is 4. The number of imide groups is 1. The van der Waals surface area contributed by atoms with Crippen molar-refractivity contribution in [1.29, 1.82) is 0 Å². The molecule has 0 saturated carbocycles. The van der Waals surface area contributed by atoms with E-state index >= 15 is 4.39 Å². The maximum absolute atomic E-state index is 15.7. The van der Waals surface area contributed by atoms with Crippen molar-refractivity contribution < 1.29 is 27.2 Å². The van der Waals surface area contributed by atoms with Gasteiger partial charge in [-0.1, -0.05) is 11.6 Å². The number of hydrogen-bond acceptors (Lipinski definition) is 5. The number of rotatable bonds is 6. The summed E-state index contributed by atoms with van der Waals surface area (Å²) in [6.07, 6.45) is -0.272. The summed E-state index contributed by atoms with van der Waals surface area (Å²) in [5.41, 5.74) is 1.68. The summed E-state index contributed by atoms with van der Waals surface area (Å²) < 4.78 is 56.9. The minimum atomic E-state index is -4.60. The lowest BCUT2D eigenvalue weighted by atomic mass is 9.94. The van der Waals surface area contributed by atoms with Gasteiger partial charge in [0.2, 0.25) is 0 Å². The molecule has 2 aliphatic heterocycles. The maximum Gasteiger partial charge on any atom is 0.406 e. The predicted octanol–water partition coefficient (Wildman–Crippen LogP) is 5.99. The number of halogens is 5. The summed E-state index contributed by atoms with van der Waals surface area (Å²) in [6.45, 7) is -0.819. The molecule has 0 bridgehead atoms. The van der Waals surface area contributed by atoms with Crippen molar-refractivity contribution in [2.45, 2.75) is 37.8 Å². The number of thiophene rings is 1. The van der Waals surface area contributed by atoms with Crippen LogP contribution in [0.15, 0.2) is 42.7 Å². The van der Waals surface area contributed by atoms with Gasteiger partial charge in [-0.25, -0.2) is 9.18 Å². The van der Waals surface area contributed by atoms with E-state index in [2.05, 4.69) is 10.3 Å². The summed E-state index contributed by atoms with van der Waals surface area (Å²) in [4.78, 5) is 31.3. The lowest BCUT2D eigenvalue weighted by molar-refractivity contribution is -0.139. The molecule has 6 rings (SSSR count). The van der Waals surface area contributed by atoms with E-state index in [1.54, 1.807) is 12.3 Å². The fraction of sp³-hybridized carbons (Fsp3) is 0.370. The fourth-order valence-electron chi connectivity index (χ4n) is 5.51. The lowest BCUT2D eigenvalue weighted by Gasteiger charge is -2.31. The van der Waals surface area contributed by atoms with Gasteiger partial charge < -0.3 is 14.8 Å². The minimum absolute atomic E-state index is 0.160. The second-order valence-electron chi connectivity index (χ2n) is 10.3. The highest BCUT2D eigenvalue weighted by Crippen LogP contribution is 2.40. The molecule has 210 valence electrons. The number of amides is 3. The Bertz CT molecular complexity index is 1630. The highest BCUT2D eigenvalue weighted by atomic mass is 35.5. The Kier molecular flexibility index (Phi) is 6.75. The van der Waals surface area contributed by atoms with Crippen molar-refractivity contribution in [2.75, 3.05) is 26.2 Å². The monoisotopic (exact) mass is 593 g/mol. The third-order valence-corrected chi connectivity index (χ3v) is 8.71. The van der Waals surface area contributed by atoms with Crippen LogP contribution in [0.3, 0.4) is 0 Å². The quantitative estimate of drug-likeness (QED) is 0.220. The van der Waals surface area contributed by atoms with Crippen LogP contribution in [0.5, 0.6) is 0 Å². The number of carbonyl (C=O) groups is 2. The first-order valence-corrected chi connectivity index (χ1v) is 13.9. The lowest BCUT2D eigenvalue weighted by Crippen LogP contribution is -2.41. The summed E-state index contributed by atoms with van der Waals surface area (Å²) >= 11 is 7.79. The maximum atomic E-state index is 15.7. The molecule has 2 saturated heterocycles. The number of aromatic nitrogens is 2. The predicted molar refractivity (Wildman–Crippen MR) is 145 cm³/mol. The molecule has 4 aromatic rings. The number of benzene rings is 1. The highest BCUT2D eigenvalue weighted by Gasteiger charge is 2.42. The number of carbonyl (C=O) groups excluding carboxylic acids is 2. The fourth-order valence-corrected chi connectivity index (χ4v) is 6.87. The molecule has 1 N–H and O–H groups in total. The zero-order chi connectivity index (χ0) is 28.2. The van der Waals surface area contributed by atoms with Crippen molar-refractivity contribution in [2.24, 2.45) is 0 Å². The van der Waals surface area contributed by atoms with Gasteiger partial charge in [0.25, 0.3) is 5.91 Å². The van der Waals surface area contributed by atoms with E-state index in [4.69, 9.17) is 11.6 Å². The molecule has 3 aromatic heterocycles. The average Bonchev–Trinajstić information content (AvgIpc) is 3.55. The third kappa shape index (κ3) is 5.15. The van der Waals surface area contributed by atoms with Crippen LogP contribution in [0.4, 0.5) is 22.4 Å². The molecular formula is C27H24ClF4N5O2S. The van der Waals surface area contributed by atoms with Crippen molar-refractivity contribution in [3.8, 4) is 11.1 Å². The van der Waals surface area contributed by atoms with Gasteiger partial charge in [-0.05, 0) is 56.3 Å². The first kappa shape index (κ1) is 27.0. The van der Waals surface area contributed by atoms with Gasteiger partial charge in [0.15, 0.2) is 0 Å². The molecule has 0 atom stereocenters. The van der Waals surface area contributed by atoms with E-state index in [0.29, 0.717) is 46.2 Å². The van der Waals surface area contributed by atoms with Crippen molar-refractivity contribution in [3.05, 3.63) is 52.6 Å². The Morgan fingerprint density at radius 3 is 2.62 bits per heavy atom. The van der Waals surface area contributed by atoms with Crippen LogP contribution in [-0.2, 0) is 17.9 Å². The van der Waals surface area contributed by atoms with Crippen LogP contribution in [0, 0.1) is 0 Å². The first-order chi connectivity index (χ1) is 19.0. The summed E-state index contributed by atoms with van der Waals surface area (Å²) in [5.74, 6) is -0.688. The number of piperidine rings is 1. The second-order valence-corrected chi connectivity index (χ2v) is 11.8. The Balaban J connectivity index is 1.36. The van der Waals surface area contributed by atoms with Crippen LogP contribution in [0.2, 0.25) is 5.02 Å². The van der Waals surface area contributed by atoms with E-state index in [9.17, 15) is 22.8 Å². The number of nitrogens with zero attached hydrogens (tertiary/aromatic N) is 4. The molecular weight excluding hydrogens is 570 g/mol. The molecule has 2 fully saturated rings. The highest BCUT2D eigenvalue weighted by molar-refractivity contribution is 7.19. The van der Waals surface area contributed by atoms with Gasteiger partial charge in [0, 0.05) is 38.8 Å². The summed E-state index contributed by atoms with van der Waals surface area (Å²) in [7, 11) is 0. The number of nitrogens with one attached hydrogen (secondary N) is 1. The molecule has 0 aliphatic carbocycles. The standard InChI is InChI=1S/C27H24ClF4N5O2S/c28-17-9-16-2-8-35(14-26(29)3-6-33-7-4-26)23(16)20(10-17)19-1-5-34-21-11-18(40-24(19)21)12-37-22(38)13-36(25(37)39)15-27(30,31)32/h1-2,5,8-11,33H,3-4,6-7,12-15H2. The Hall–Kier alpha value is -3.22. The zero-order valence-corrected chi connectivity index (χ0v) is 22.7. The van der Waals surface area contributed by atoms with Crippen LogP contribution >= 0.6 is 22.9 Å². The van der Waals surface area contributed by atoms with Gasteiger partial charge in [0.05, 0.1) is 28.8 Å². The number of fused-ring (bicyclic) bond motifs is 2. The molecule has 40 heavy (non-hydrogen) atoms. The largest absolute Gasteiger partial charge is 0.406 e. The van der Waals surface area contributed by atoms with Gasteiger partial charge in [0.1, 0.15) is 18.8 Å². The molecule has 13 heteroatoms. The van der Waals surface area contributed by atoms with E-state index in [-0.39, 0.29) is 13.1 Å². The molecule has 0 unspecified atom stereocenters. The van der Waals surface area contributed by atoms with Crippen molar-refractivity contribution >= 4 is 56.0 Å². The molecule has 0 radical (unpaired) electrons. The number of pyridine rings is 1. The molecule has 3 amide bonds. The molecule has 1 aromatic carbocycles. The Morgan fingerprint density at radius 2 is 1.88 bits per heavy atom. The minimum Gasteiger partial charge on any atom is -0.344 e. The van der Waals surface area contributed by atoms with E-state index < -0.39 is 36.9 Å². The van der Waals surface area contributed by atoms with E-state index in [0.717, 1.165) is 31.6 Å². The third-order valence-electron chi connectivity index (χ3n) is 7.34. The smallest absolute Gasteiger partial charge is 0.344 e. The average molecular weight is 594 g/mol. The van der Waals surface area contributed by atoms with Gasteiger partial charge in [-0.2, -0.15) is 13.2 Å². The number of urea groups is 1. The summed E-state index contributed by atoms with van der Waals surface area (Å²) in [5, 5.41) is 4.57. The Morgan fingerprint density at radius 1 is 1.10 bits per heavy atom. The first-order valence-electron chi connectivity index (χ1n) is 12.7. The molecule has 7 nitrogen and oxygen atoms in total. The molecule has 5 heterocycles. The van der Waals surface area contributed by atoms with E-state index in [1.807, 2.05) is 35.0 Å². The Labute approximate surface area is 235 Å². The topological polar surface area (TPSA) is 70.5 Å². The molecule has 0 spiro atoms. The van der Waals surface area contributed by atoms with Gasteiger partial charge in [-0.3, -0.25) is 14.7 Å². The normalized spacial score (nSPS) is 18.0. The van der Waals surface area contributed by atoms with Crippen molar-refractivity contribution in [3.63, 3.8) is 0 Å². The van der Waals surface area contributed by atoms with Crippen molar-refractivity contribution in [1.82, 2.24) is 24.7 Å². The van der Waals surface area contributed by atoms with Crippen LogP contribution in [-0.4, -0.2) is 69.3 Å². The number of hydrogen-bond donors (Lipinski definition) is 1.